The molecule has 0 amide bonds. The van der Waals surface area contributed by atoms with E-state index in [4.69, 9.17) is 44.1 Å². The summed E-state index contributed by atoms with van der Waals surface area (Å²) in [4.78, 5) is 0. The molecular formula is C14H24B2O6. The van der Waals surface area contributed by atoms with Gasteiger partial charge in [-0.1, -0.05) is 6.92 Å². The SMILES string of the molecule is [B][C@@H]1O[C@H](COCOC2C[C@H]([B])O[C@@H]2COC)C(OC)[C@@H]1C. The highest BCUT2D eigenvalue weighted by molar-refractivity contribution is 6.11. The van der Waals surface area contributed by atoms with Crippen molar-refractivity contribution in [2.24, 2.45) is 5.92 Å². The van der Waals surface area contributed by atoms with Crippen LogP contribution in [0.15, 0.2) is 0 Å². The summed E-state index contributed by atoms with van der Waals surface area (Å²) in [6.45, 7) is 2.95. The van der Waals surface area contributed by atoms with E-state index in [-0.39, 0.29) is 49.1 Å². The summed E-state index contributed by atoms with van der Waals surface area (Å²) in [5.41, 5.74) is 0. The molecule has 2 aliphatic heterocycles. The van der Waals surface area contributed by atoms with Gasteiger partial charge in [0.05, 0.1) is 25.4 Å². The Bertz CT molecular complexity index is 334. The molecule has 0 aromatic rings. The van der Waals surface area contributed by atoms with E-state index in [1.807, 2.05) is 6.92 Å². The Balaban J connectivity index is 1.68. The molecule has 2 rings (SSSR count). The highest BCUT2D eigenvalue weighted by Gasteiger charge is 2.39. The molecule has 0 aromatic carbocycles. The molecule has 4 radical (unpaired) electrons. The van der Waals surface area contributed by atoms with Crippen molar-refractivity contribution in [2.75, 3.05) is 34.2 Å². The minimum absolute atomic E-state index is 0.0699. The molecule has 7 atom stereocenters. The molecule has 22 heavy (non-hydrogen) atoms. The van der Waals surface area contributed by atoms with Gasteiger partial charge in [-0.15, -0.1) is 0 Å². The van der Waals surface area contributed by atoms with Crippen molar-refractivity contribution in [3.63, 3.8) is 0 Å². The van der Waals surface area contributed by atoms with Crippen LogP contribution in [0.1, 0.15) is 13.3 Å². The van der Waals surface area contributed by atoms with Crippen LogP contribution in [0.25, 0.3) is 0 Å². The van der Waals surface area contributed by atoms with E-state index in [1.54, 1.807) is 14.2 Å². The average molecular weight is 310 g/mol. The second-order valence-corrected chi connectivity index (χ2v) is 5.80. The van der Waals surface area contributed by atoms with Crippen LogP contribution in [0.4, 0.5) is 0 Å². The molecule has 2 fully saturated rings. The third-order valence-electron chi connectivity index (χ3n) is 4.21. The van der Waals surface area contributed by atoms with Gasteiger partial charge in [-0.3, -0.25) is 0 Å². The van der Waals surface area contributed by atoms with Crippen molar-refractivity contribution in [1.82, 2.24) is 0 Å². The number of hydrogen-bond donors (Lipinski definition) is 0. The van der Waals surface area contributed by atoms with Gasteiger partial charge in [-0.05, 0) is 6.42 Å². The normalized spacial score (nSPS) is 42.0. The maximum atomic E-state index is 5.87. The van der Waals surface area contributed by atoms with Crippen LogP contribution in [0.2, 0.25) is 0 Å². The largest absolute Gasteiger partial charge is 0.382 e. The Hall–Kier alpha value is -0.110. The lowest BCUT2D eigenvalue weighted by atomic mass is 9.86. The topological polar surface area (TPSA) is 55.4 Å². The van der Waals surface area contributed by atoms with Gasteiger partial charge in [-0.2, -0.15) is 0 Å². The minimum Gasteiger partial charge on any atom is -0.382 e. The Morgan fingerprint density at radius 1 is 1.09 bits per heavy atom. The molecule has 0 spiro atoms. The highest BCUT2D eigenvalue weighted by atomic mass is 16.7. The Morgan fingerprint density at radius 2 is 1.86 bits per heavy atom. The van der Waals surface area contributed by atoms with Crippen molar-refractivity contribution in [3.8, 4) is 0 Å². The van der Waals surface area contributed by atoms with E-state index in [1.165, 1.54) is 0 Å². The molecule has 2 aliphatic rings. The molecule has 2 unspecified atom stereocenters. The van der Waals surface area contributed by atoms with Crippen LogP contribution >= 0.6 is 0 Å². The first-order valence-corrected chi connectivity index (χ1v) is 7.60. The van der Waals surface area contributed by atoms with E-state index in [0.717, 1.165) is 0 Å². The average Bonchev–Trinajstić information content (AvgIpc) is 2.96. The number of hydrogen-bond acceptors (Lipinski definition) is 6. The molecule has 2 heterocycles. The van der Waals surface area contributed by atoms with E-state index < -0.39 is 0 Å². The zero-order valence-corrected chi connectivity index (χ0v) is 13.5. The van der Waals surface area contributed by atoms with Gasteiger partial charge in [0.15, 0.2) is 0 Å². The fraction of sp³-hybridized carbons (Fsp3) is 1.00. The minimum atomic E-state index is -0.327. The van der Waals surface area contributed by atoms with Crippen molar-refractivity contribution in [2.45, 2.75) is 49.8 Å². The summed E-state index contributed by atoms with van der Waals surface area (Å²) in [5, 5.41) is 0. The summed E-state index contributed by atoms with van der Waals surface area (Å²) in [5.74, 6) is 0.131. The van der Waals surface area contributed by atoms with Crippen LogP contribution in [0.5, 0.6) is 0 Å². The van der Waals surface area contributed by atoms with Gasteiger partial charge in [-0.25, -0.2) is 0 Å². The number of methoxy groups -OCH3 is 2. The quantitative estimate of drug-likeness (QED) is 0.352. The lowest BCUT2D eigenvalue weighted by Gasteiger charge is -2.21. The second kappa shape index (κ2) is 8.66. The van der Waals surface area contributed by atoms with E-state index >= 15 is 0 Å². The van der Waals surface area contributed by atoms with Gasteiger partial charge < -0.3 is 28.4 Å². The fourth-order valence-corrected chi connectivity index (χ4v) is 2.96. The van der Waals surface area contributed by atoms with Gasteiger partial charge >= 0.3 is 0 Å². The Kier molecular flexibility index (Phi) is 7.18. The van der Waals surface area contributed by atoms with E-state index in [2.05, 4.69) is 0 Å². The van der Waals surface area contributed by atoms with Crippen LogP contribution < -0.4 is 0 Å². The van der Waals surface area contributed by atoms with Crippen LogP contribution in [0.3, 0.4) is 0 Å². The lowest BCUT2D eigenvalue weighted by Crippen LogP contribution is -2.33. The molecule has 6 nitrogen and oxygen atoms in total. The van der Waals surface area contributed by atoms with Gasteiger partial charge in [0.25, 0.3) is 0 Å². The first-order valence-electron chi connectivity index (χ1n) is 7.60. The monoisotopic (exact) mass is 310 g/mol. The highest BCUT2D eigenvalue weighted by Crippen LogP contribution is 2.27. The molecule has 122 valence electrons. The summed E-state index contributed by atoms with van der Waals surface area (Å²) in [6.07, 6.45) is 0.0835. The van der Waals surface area contributed by atoms with Crippen LogP contribution in [-0.2, 0) is 28.4 Å². The first kappa shape index (κ1) is 18.2. The van der Waals surface area contributed by atoms with Crippen molar-refractivity contribution >= 4 is 15.7 Å². The van der Waals surface area contributed by atoms with Crippen molar-refractivity contribution in [3.05, 3.63) is 0 Å². The zero-order valence-electron chi connectivity index (χ0n) is 13.5. The maximum Gasteiger partial charge on any atom is 0.147 e. The molecule has 0 bridgehead atoms. The van der Waals surface area contributed by atoms with Crippen molar-refractivity contribution < 1.29 is 28.4 Å². The molecular weight excluding hydrogens is 286 g/mol. The second-order valence-electron chi connectivity index (χ2n) is 5.80. The Labute approximate surface area is 134 Å². The molecule has 2 saturated heterocycles. The number of ether oxygens (including phenoxy) is 6. The Morgan fingerprint density at radius 3 is 2.55 bits per heavy atom. The van der Waals surface area contributed by atoms with Crippen molar-refractivity contribution in [1.29, 1.82) is 0 Å². The van der Waals surface area contributed by atoms with Gasteiger partial charge in [0.1, 0.15) is 34.7 Å². The number of rotatable bonds is 8. The smallest absolute Gasteiger partial charge is 0.147 e. The van der Waals surface area contributed by atoms with Crippen LogP contribution in [-0.4, -0.2) is 86.3 Å². The molecule has 0 saturated carbocycles. The zero-order chi connectivity index (χ0) is 16.1. The summed E-state index contributed by atoms with van der Waals surface area (Å²) in [7, 11) is 14.9. The molecule has 0 N–H and O–H groups in total. The third-order valence-corrected chi connectivity index (χ3v) is 4.21. The van der Waals surface area contributed by atoms with E-state index in [9.17, 15) is 0 Å². The summed E-state index contributed by atoms with van der Waals surface area (Å²) in [6, 6.07) is -0.646. The maximum absolute atomic E-state index is 5.87. The third kappa shape index (κ3) is 4.46. The summed E-state index contributed by atoms with van der Waals surface area (Å²) < 4.78 is 32.9. The fourth-order valence-electron chi connectivity index (χ4n) is 2.96. The van der Waals surface area contributed by atoms with Gasteiger partial charge in [0.2, 0.25) is 0 Å². The van der Waals surface area contributed by atoms with Crippen LogP contribution in [0, 0.1) is 5.92 Å². The van der Waals surface area contributed by atoms with E-state index in [0.29, 0.717) is 19.6 Å². The molecule has 8 heteroatoms. The standard InChI is InChI=1S/C14H24B2O6/c1-8-13(18-3)11(22-14(8)16)6-19-7-20-9-4-12(15)21-10(9)5-17-2/h8-14H,4-7H2,1-3H3/t8-,9?,10+,11+,12+,13?,14+/m0/s1. The summed E-state index contributed by atoms with van der Waals surface area (Å²) >= 11 is 0. The predicted octanol–water partition coefficient (Wildman–Crippen LogP) is -0.180. The molecule has 0 aliphatic carbocycles. The molecule has 0 aromatic heterocycles. The predicted molar refractivity (Wildman–Crippen MR) is 81.0 cm³/mol. The first-order chi connectivity index (χ1) is 10.6. The lowest BCUT2D eigenvalue weighted by molar-refractivity contribution is -0.138. The van der Waals surface area contributed by atoms with Gasteiger partial charge in [0, 0.05) is 32.1 Å².